The van der Waals surface area contributed by atoms with Crippen molar-refractivity contribution in [1.29, 1.82) is 0 Å². The number of benzene rings is 5. The summed E-state index contributed by atoms with van der Waals surface area (Å²) in [5.74, 6) is 0. The second kappa shape index (κ2) is 11.3. The van der Waals surface area contributed by atoms with E-state index >= 15 is 0 Å². The molecule has 3 nitrogen and oxygen atoms in total. The molecule has 47 heavy (non-hydrogen) atoms. The van der Waals surface area contributed by atoms with Gasteiger partial charge in [0, 0.05) is 48.6 Å². The van der Waals surface area contributed by atoms with Gasteiger partial charge in [0.05, 0.1) is 16.7 Å². The summed E-state index contributed by atoms with van der Waals surface area (Å²) in [6, 6.07) is 47.5. The molecule has 9 rings (SSSR count). The SMILES string of the molecule is O=P(c1ccccc1)(c1ccccc1)c1ccc(C2=C3c4cc(-c5ccc6ccc7cccnc7c6n5)ccc4SC3CC=C2)cc1. The average molecular weight is 641 g/mol. The topological polar surface area (TPSA) is 42.9 Å². The van der Waals surface area contributed by atoms with E-state index in [9.17, 15) is 4.57 Å². The second-order valence-corrected chi connectivity index (χ2v) is 16.0. The van der Waals surface area contributed by atoms with Crippen molar-refractivity contribution in [1.82, 2.24) is 9.97 Å². The van der Waals surface area contributed by atoms with Gasteiger partial charge in [0.1, 0.15) is 0 Å². The summed E-state index contributed by atoms with van der Waals surface area (Å²) < 4.78 is 14.9. The fourth-order valence-electron chi connectivity index (χ4n) is 6.98. The number of hydrogen-bond acceptors (Lipinski definition) is 4. The summed E-state index contributed by atoms with van der Waals surface area (Å²) >= 11 is 1.94. The second-order valence-electron chi connectivity index (χ2n) is 12.0. The van der Waals surface area contributed by atoms with Gasteiger partial charge < -0.3 is 4.57 Å². The minimum Gasteiger partial charge on any atom is -0.309 e. The van der Waals surface area contributed by atoms with Crippen LogP contribution >= 0.6 is 18.9 Å². The van der Waals surface area contributed by atoms with Gasteiger partial charge in [0.2, 0.25) is 0 Å². The van der Waals surface area contributed by atoms with Gasteiger partial charge in [-0.05, 0) is 53.0 Å². The average Bonchev–Trinajstić information content (AvgIpc) is 3.53. The van der Waals surface area contributed by atoms with E-state index in [0.29, 0.717) is 5.25 Å². The summed E-state index contributed by atoms with van der Waals surface area (Å²) in [6.45, 7) is 0. The summed E-state index contributed by atoms with van der Waals surface area (Å²) in [7, 11) is -3.04. The Balaban J connectivity index is 1.14. The zero-order valence-corrected chi connectivity index (χ0v) is 27.2. The molecule has 0 radical (unpaired) electrons. The molecule has 1 aliphatic heterocycles. The van der Waals surface area contributed by atoms with E-state index in [4.69, 9.17) is 4.98 Å². The van der Waals surface area contributed by atoms with Gasteiger partial charge in [-0.2, -0.15) is 0 Å². The van der Waals surface area contributed by atoms with Gasteiger partial charge >= 0.3 is 0 Å². The minimum atomic E-state index is -3.04. The Morgan fingerprint density at radius 2 is 1.30 bits per heavy atom. The van der Waals surface area contributed by atoms with Crippen molar-refractivity contribution in [2.24, 2.45) is 0 Å². The highest BCUT2D eigenvalue weighted by molar-refractivity contribution is 8.01. The highest BCUT2D eigenvalue weighted by Crippen LogP contribution is 2.52. The van der Waals surface area contributed by atoms with Gasteiger partial charge in [0.15, 0.2) is 7.14 Å². The van der Waals surface area contributed by atoms with E-state index in [0.717, 1.165) is 61.0 Å². The molecule has 1 aliphatic carbocycles. The zero-order chi connectivity index (χ0) is 31.4. The summed E-state index contributed by atoms with van der Waals surface area (Å²) in [4.78, 5) is 11.1. The fourth-order valence-corrected chi connectivity index (χ4v) is 11.0. The van der Waals surface area contributed by atoms with Crippen molar-refractivity contribution in [3.8, 4) is 11.3 Å². The van der Waals surface area contributed by atoms with Crippen LogP contribution in [0.2, 0.25) is 0 Å². The highest BCUT2D eigenvalue weighted by Gasteiger charge is 2.33. The first-order valence-corrected chi connectivity index (χ1v) is 18.4. The van der Waals surface area contributed by atoms with Crippen molar-refractivity contribution in [2.75, 3.05) is 0 Å². The van der Waals surface area contributed by atoms with Gasteiger partial charge in [-0.3, -0.25) is 4.98 Å². The monoisotopic (exact) mass is 640 g/mol. The standard InChI is InChI=1S/C42H29N2OPS/c45-46(32-10-3-1-4-11-32,33-12-5-2-6-13-33)34-22-18-28(19-23-34)35-14-7-15-39-40(35)36-27-31(21-25-38(36)47-39)37-24-20-30-17-16-29-9-8-26-43-41(29)42(30)44-37/h1-14,16-27,39H,15H2. The van der Waals surface area contributed by atoms with Crippen LogP contribution in [-0.2, 0) is 4.57 Å². The molecule has 2 aliphatic rings. The molecule has 0 bridgehead atoms. The molecule has 3 heterocycles. The molecule has 0 N–H and O–H groups in total. The molecule has 5 heteroatoms. The summed E-state index contributed by atoms with van der Waals surface area (Å²) in [6.07, 6.45) is 7.39. The van der Waals surface area contributed by atoms with E-state index in [1.54, 1.807) is 0 Å². The van der Waals surface area contributed by atoms with Crippen molar-refractivity contribution in [3.05, 3.63) is 169 Å². The van der Waals surface area contributed by atoms with Crippen molar-refractivity contribution in [3.63, 3.8) is 0 Å². The molecule has 1 atom stereocenters. The maximum absolute atomic E-state index is 14.9. The molecule has 0 spiro atoms. The first-order chi connectivity index (χ1) is 23.2. The van der Waals surface area contributed by atoms with Crippen LogP contribution in [-0.4, -0.2) is 15.2 Å². The van der Waals surface area contributed by atoms with E-state index in [-0.39, 0.29) is 0 Å². The van der Waals surface area contributed by atoms with E-state index in [1.165, 1.54) is 21.6 Å². The van der Waals surface area contributed by atoms with Crippen LogP contribution in [0.4, 0.5) is 0 Å². The number of fused-ring (bicyclic) bond motifs is 6. The molecule has 2 aromatic heterocycles. The number of allylic oxidation sites excluding steroid dienone is 3. The molecule has 5 aromatic carbocycles. The van der Waals surface area contributed by atoms with E-state index < -0.39 is 7.14 Å². The van der Waals surface area contributed by atoms with Gasteiger partial charge in [-0.1, -0.05) is 127 Å². The third-order valence-corrected chi connectivity index (χ3v) is 13.7. The molecule has 7 aromatic rings. The third kappa shape index (κ3) is 4.71. The van der Waals surface area contributed by atoms with Crippen LogP contribution < -0.4 is 15.9 Å². The predicted octanol–water partition coefficient (Wildman–Crippen LogP) is 9.43. The molecule has 0 saturated heterocycles. The quantitative estimate of drug-likeness (QED) is 0.139. The molecular weight excluding hydrogens is 612 g/mol. The lowest BCUT2D eigenvalue weighted by Crippen LogP contribution is -2.24. The van der Waals surface area contributed by atoms with Crippen LogP contribution in [0.15, 0.2) is 163 Å². The largest absolute Gasteiger partial charge is 0.309 e. The first-order valence-electron chi connectivity index (χ1n) is 15.9. The lowest BCUT2D eigenvalue weighted by molar-refractivity contribution is 0.592. The van der Waals surface area contributed by atoms with Crippen LogP contribution in [0.5, 0.6) is 0 Å². The van der Waals surface area contributed by atoms with Gasteiger partial charge in [0.25, 0.3) is 0 Å². The molecule has 224 valence electrons. The van der Waals surface area contributed by atoms with Gasteiger partial charge in [-0.15, -0.1) is 11.8 Å². The summed E-state index contributed by atoms with van der Waals surface area (Å²) in [5.41, 5.74) is 8.91. The van der Waals surface area contributed by atoms with Crippen LogP contribution in [0, 0.1) is 0 Å². The highest BCUT2D eigenvalue weighted by atomic mass is 32.2. The maximum Gasteiger partial charge on any atom is 0.171 e. The Kier molecular flexibility index (Phi) is 6.81. The number of aromatic nitrogens is 2. The number of hydrogen-bond donors (Lipinski definition) is 0. The molecule has 0 amide bonds. The lowest BCUT2D eigenvalue weighted by Gasteiger charge is -2.22. The molecular formula is C42H29N2OPS. The van der Waals surface area contributed by atoms with Crippen LogP contribution in [0.1, 0.15) is 17.5 Å². The Morgan fingerprint density at radius 1 is 0.638 bits per heavy atom. The Labute approximate surface area is 278 Å². The normalized spacial score (nSPS) is 15.6. The van der Waals surface area contributed by atoms with E-state index in [1.807, 2.05) is 84.7 Å². The number of rotatable bonds is 5. The number of nitrogens with zero attached hydrogens (tertiary/aromatic N) is 2. The lowest BCUT2D eigenvalue weighted by atomic mass is 9.87. The summed E-state index contributed by atoms with van der Waals surface area (Å²) in [5, 5.41) is 5.07. The Morgan fingerprint density at radius 3 is 2.04 bits per heavy atom. The minimum absolute atomic E-state index is 0.359. The number of pyridine rings is 2. The Hall–Kier alpha value is -5.02. The van der Waals surface area contributed by atoms with Gasteiger partial charge in [-0.25, -0.2) is 4.98 Å². The number of thioether (sulfide) groups is 1. The van der Waals surface area contributed by atoms with Crippen molar-refractivity contribution >= 4 is 67.8 Å². The molecule has 0 saturated carbocycles. The van der Waals surface area contributed by atoms with E-state index in [2.05, 4.69) is 89.9 Å². The van der Waals surface area contributed by atoms with Crippen LogP contribution in [0.3, 0.4) is 0 Å². The van der Waals surface area contributed by atoms with Crippen molar-refractivity contribution in [2.45, 2.75) is 16.6 Å². The fraction of sp³-hybridized carbons (Fsp3) is 0.0476. The smallest absolute Gasteiger partial charge is 0.171 e. The predicted molar refractivity (Wildman–Crippen MR) is 199 cm³/mol. The zero-order valence-electron chi connectivity index (χ0n) is 25.5. The molecule has 0 fully saturated rings. The third-order valence-electron chi connectivity index (χ3n) is 9.30. The Bertz CT molecular complexity index is 2390. The molecule has 1 unspecified atom stereocenters. The first kappa shape index (κ1) is 28.2. The van der Waals surface area contributed by atoms with Crippen molar-refractivity contribution < 1.29 is 4.57 Å². The maximum atomic E-state index is 14.9. The van der Waals surface area contributed by atoms with Crippen LogP contribution in [0.25, 0.3) is 44.2 Å².